The summed E-state index contributed by atoms with van der Waals surface area (Å²) in [5.74, 6) is 0. The number of nitrogens with one attached hydrogen (secondary N) is 1. The van der Waals surface area contributed by atoms with E-state index in [0.717, 1.165) is 10.8 Å². The Labute approximate surface area is 93.8 Å². The molecule has 2 atom stereocenters. The van der Waals surface area contributed by atoms with Gasteiger partial charge in [0.2, 0.25) is 0 Å². The zero-order valence-corrected chi connectivity index (χ0v) is 9.79. The van der Waals surface area contributed by atoms with Crippen LogP contribution < -0.4 is 5.32 Å². The number of thiophene rings is 1. The maximum absolute atomic E-state index is 5.98. The topological polar surface area (TPSA) is 12.0 Å². The Balaban J connectivity index is 2.13. The number of halogens is 1. The van der Waals surface area contributed by atoms with E-state index >= 15 is 0 Å². The number of fused-ring (bicyclic) bond motifs is 1. The van der Waals surface area contributed by atoms with Crippen molar-refractivity contribution in [2.45, 2.75) is 31.8 Å². The minimum atomic E-state index is 0.365. The van der Waals surface area contributed by atoms with Gasteiger partial charge in [-0.05, 0) is 31.4 Å². The van der Waals surface area contributed by atoms with E-state index in [2.05, 4.69) is 24.9 Å². The molecule has 1 aromatic rings. The third-order valence-electron chi connectivity index (χ3n) is 2.66. The predicted octanol–water partition coefficient (Wildman–Crippen LogP) is 3.55. The molecule has 1 aliphatic rings. The normalized spacial score (nSPS) is 22.0. The Morgan fingerprint density at radius 2 is 2.57 bits per heavy atom. The van der Waals surface area contributed by atoms with E-state index in [1.165, 1.54) is 16.9 Å². The van der Waals surface area contributed by atoms with Gasteiger partial charge in [-0.3, -0.25) is 0 Å². The molecule has 2 rings (SSSR count). The van der Waals surface area contributed by atoms with E-state index in [1.54, 1.807) is 11.3 Å². The molecule has 1 aromatic heterocycles. The molecule has 76 valence electrons. The van der Waals surface area contributed by atoms with Crippen molar-refractivity contribution in [2.75, 3.05) is 0 Å². The van der Waals surface area contributed by atoms with Gasteiger partial charge in [-0.15, -0.1) is 17.9 Å². The molecular weight excluding hydrogens is 214 g/mol. The van der Waals surface area contributed by atoms with Crippen LogP contribution in [0.3, 0.4) is 0 Å². The highest BCUT2D eigenvalue weighted by molar-refractivity contribution is 7.16. The lowest BCUT2D eigenvalue weighted by Crippen LogP contribution is -2.27. The minimum absolute atomic E-state index is 0.365. The van der Waals surface area contributed by atoms with Crippen LogP contribution in [-0.2, 0) is 6.42 Å². The standard InChI is InChI=1S/C11H14ClNS/c1-3-7(2)13-9-4-5-10-8(9)6-11(12)14-10/h3,6-7,9,13H,1,4-5H2,2H3. The summed E-state index contributed by atoms with van der Waals surface area (Å²) < 4.78 is 0.910. The Morgan fingerprint density at radius 3 is 3.29 bits per heavy atom. The van der Waals surface area contributed by atoms with Crippen molar-refractivity contribution in [3.63, 3.8) is 0 Å². The van der Waals surface area contributed by atoms with E-state index in [4.69, 9.17) is 11.6 Å². The van der Waals surface area contributed by atoms with Crippen LogP contribution in [0.25, 0.3) is 0 Å². The van der Waals surface area contributed by atoms with Gasteiger partial charge in [0.15, 0.2) is 0 Å². The lowest BCUT2D eigenvalue weighted by Gasteiger charge is -2.16. The lowest BCUT2D eigenvalue weighted by atomic mass is 10.1. The van der Waals surface area contributed by atoms with E-state index in [1.807, 2.05) is 6.08 Å². The first kappa shape index (κ1) is 10.2. The average molecular weight is 228 g/mol. The van der Waals surface area contributed by atoms with Gasteiger partial charge in [-0.2, -0.15) is 0 Å². The van der Waals surface area contributed by atoms with Crippen molar-refractivity contribution in [1.82, 2.24) is 5.32 Å². The molecule has 14 heavy (non-hydrogen) atoms. The van der Waals surface area contributed by atoms with Crippen LogP contribution in [-0.4, -0.2) is 6.04 Å². The molecule has 0 radical (unpaired) electrons. The summed E-state index contributed by atoms with van der Waals surface area (Å²) in [6.45, 7) is 5.90. The zero-order chi connectivity index (χ0) is 10.1. The van der Waals surface area contributed by atoms with Gasteiger partial charge in [-0.25, -0.2) is 0 Å². The minimum Gasteiger partial charge on any atom is -0.304 e. The first-order chi connectivity index (χ1) is 6.70. The molecule has 0 fully saturated rings. The van der Waals surface area contributed by atoms with Crippen molar-refractivity contribution < 1.29 is 0 Å². The Hall–Kier alpha value is -0.310. The van der Waals surface area contributed by atoms with Crippen molar-refractivity contribution in [3.05, 3.63) is 33.5 Å². The summed E-state index contributed by atoms with van der Waals surface area (Å²) in [6.07, 6.45) is 4.29. The maximum Gasteiger partial charge on any atom is 0.0934 e. The molecule has 0 saturated carbocycles. The zero-order valence-electron chi connectivity index (χ0n) is 8.22. The molecule has 0 spiro atoms. The summed E-state index contributed by atoms with van der Waals surface area (Å²) in [7, 11) is 0. The number of hydrogen-bond donors (Lipinski definition) is 1. The fourth-order valence-electron chi connectivity index (χ4n) is 1.89. The fraction of sp³-hybridized carbons (Fsp3) is 0.455. The number of hydrogen-bond acceptors (Lipinski definition) is 2. The number of aryl methyl sites for hydroxylation is 1. The molecular formula is C11H14ClNS. The van der Waals surface area contributed by atoms with Crippen LogP contribution in [0.2, 0.25) is 4.34 Å². The summed E-state index contributed by atoms with van der Waals surface area (Å²) in [6, 6.07) is 2.94. The molecule has 0 aromatic carbocycles. The monoisotopic (exact) mass is 227 g/mol. The van der Waals surface area contributed by atoms with Gasteiger partial charge in [0.05, 0.1) is 4.34 Å². The van der Waals surface area contributed by atoms with E-state index in [9.17, 15) is 0 Å². The van der Waals surface area contributed by atoms with Gasteiger partial charge in [-0.1, -0.05) is 17.7 Å². The molecule has 3 heteroatoms. The molecule has 0 aliphatic heterocycles. The van der Waals surface area contributed by atoms with Gasteiger partial charge < -0.3 is 5.32 Å². The second kappa shape index (κ2) is 4.05. The predicted molar refractivity (Wildman–Crippen MR) is 63.2 cm³/mol. The van der Waals surface area contributed by atoms with Crippen molar-refractivity contribution >= 4 is 22.9 Å². The largest absolute Gasteiger partial charge is 0.304 e. The van der Waals surface area contributed by atoms with Crippen LogP contribution in [0.1, 0.15) is 29.8 Å². The van der Waals surface area contributed by atoms with E-state index in [0.29, 0.717) is 12.1 Å². The SMILES string of the molecule is C=CC(C)NC1CCc2sc(Cl)cc21. The fourth-order valence-corrected chi connectivity index (χ4v) is 3.25. The summed E-state index contributed by atoms with van der Waals surface area (Å²) in [4.78, 5) is 1.45. The summed E-state index contributed by atoms with van der Waals surface area (Å²) >= 11 is 7.70. The lowest BCUT2D eigenvalue weighted by molar-refractivity contribution is 0.500. The Morgan fingerprint density at radius 1 is 1.79 bits per heavy atom. The van der Waals surface area contributed by atoms with Crippen molar-refractivity contribution in [3.8, 4) is 0 Å². The summed E-state index contributed by atoms with van der Waals surface area (Å²) in [5, 5.41) is 3.53. The summed E-state index contributed by atoms with van der Waals surface area (Å²) in [5.41, 5.74) is 1.40. The average Bonchev–Trinajstić information content (AvgIpc) is 2.67. The third kappa shape index (κ3) is 1.88. The van der Waals surface area contributed by atoms with Crippen molar-refractivity contribution in [2.24, 2.45) is 0 Å². The molecule has 1 heterocycles. The molecule has 0 amide bonds. The molecule has 1 N–H and O–H groups in total. The molecule has 1 nitrogen and oxygen atoms in total. The van der Waals surface area contributed by atoms with Crippen LogP contribution in [0, 0.1) is 0 Å². The van der Waals surface area contributed by atoms with E-state index < -0.39 is 0 Å². The number of rotatable bonds is 3. The van der Waals surface area contributed by atoms with E-state index in [-0.39, 0.29) is 0 Å². The van der Waals surface area contributed by atoms with Gasteiger partial charge >= 0.3 is 0 Å². The van der Waals surface area contributed by atoms with Gasteiger partial charge in [0, 0.05) is 17.0 Å². The third-order valence-corrected chi connectivity index (χ3v) is 4.00. The molecule has 0 bridgehead atoms. The second-order valence-electron chi connectivity index (χ2n) is 3.71. The molecule has 0 saturated heterocycles. The second-order valence-corrected chi connectivity index (χ2v) is 5.48. The Bertz CT molecular complexity index is 345. The highest BCUT2D eigenvalue weighted by atomic mass is 35.5. The first-order valence-corrected chi connectivity index (χ1v) is 6.07. The van der Waals surface area contributed by atoms with Gasteiger partial charge in [0.1, 0.15) is 0 Å². The molecule has 2 unspecified atom stereocenters. The highest BCUT2D eigenvalue weighted by Gasteiger charge is 2.25. The van der Waals surface area contributed by atoms with Crippen LogP contribution in [0.4, 0.5) is 0 Å². The van der Waals surface area contributed by atoms with Crippen LogP contribution in [0.15, 0.2) is 18.7 Å². The quantitative estimate of drug-likeness (QED) is 0.779. The Kier molecular flexibility index (Phi) is 2.96. The van der Waals surface area contributed by atoms with Crippen molar-refractivity contribution in [1.29, 1.82) is 0 Å². The van der Waals surface area contributed by atoms with Crippen LogP contribution >= 0.6 is 22.9 Å². The smallest absolute Gasteiger partial charge is 0.0934 e. The first-order valence-electron chi connectivity index (χ1n) is 4.87. The van der Waals surface area contributed by atoms with Crippen LogP contribution in [0.5, 0.6) is 0 Å². The molecule has 1 aliphatic carbocycles. The maximum atomic E-state index is 5.98. The van der Waals surface area contributed by atoms with Gasteiger partial charge in [0.25, 0.3) is 0 Å². The highest BCUT2D eigenvalue weighted by Crippen LogP contribution is 2.39.